The van der Waals surface area contributed by atoms with E-state index >= 15 is 0 Å². The summed E-state index contributed by atoms with van der Waals surface area (Å²) in [5, 5.41) is 14.1. The van der Waals surface area contributed by atoms with Gasteiger partial charge < -0.3 is 15.7 Å². The van der Waals surface area contributed by atoms with Crippen molar-refractivity contribution in [2.24, 2.45) is 0 Å². The number of carboxylic acid groups (broad SMARTS) is 1. The van der Waals surface area contributed by atoms with Crippen molar-refractivity contribution in [3.8, 4) is 12.3 Å². The topological polar surface area (TPSA) is 78.4 Å². The highest BCUT2D eigenvalue weighted by molar-refractivity contribution is 5.84. The highest BCUT2D eigenvalue weighted by Gasteiger charge is 2.23. The third kappa shape index (κ3) is 4.47. The first kappa shape index (κ1) is 11.5. The van der Waals surface area contributed by atoms with Crippen LogP contribution < -0.4 is 10.6 Å². The van der Waals surface area contributed by atoms with E-state index in [-0.39, 0.29) is 18.9 Å². The summed E-state index contributed by atoms with van der Waals surface area (Å²) < 4.78 is 0. The summed E-state index contributed by atoms with van der Waals surface area (Å²) in [6.07, 6.45) is 7.17. The normalized spacial score (nSPS) is 16.5. The number of nitrogens with one attached hydrogen (secondary N) is 2. The molecule has 1 saturated carbocycles. The van der Waals surface area contributed by atoms with E-state index < -0.39 is 12.0 Å². The van der Waals surface area contributed by atoms with Gasteiger partial charge >= 0.3 is 5.97 Å². The van der Waals surface area contributed by atoms with Gasteiger partial charge in [-0.05, 0) is 12.8 Å². The molecule has 0 spiro atoms. The van der Waals surface area contributed by atoms with E-state index in [9.17, 15) is 9.59 Å². The second-order valence-electron chi connectivity index (χ2n) is 3.52. The Labute approximate surface area is 88.2 Å². The summed E-state index contributed by atoms with van der Waals surface area (Å²) >= 11 is 0. The van der Waals surface area contributed by atoms with E-state index in [4.69, 9.17) is 11.5 Å². The summed E-state index contributed by atoms with van der Waals surface area (Å²) in [6.45, 7) is 0.152. The predicted octanol–water partition coefficient (Wildman–Crippen LogP) is -0.669. The Balaban J connectivity index is 2.25. The molecule has 3 N–H and O–H groups in total. The number of hydrogen-bond acceptors (Lipinski definition) is 3. The Hall–Kier alpha value is -1.54. The minimum atomic E-state index is -1.10. The molecule has 0 radical (unpaired) electrons. The summed E-state index contributed by atoms with van der Waals surface area (Å²) in [7, 11) is 0. The van der Waals surface area contributed by atoms with Crippen molar-refractivity contribution in [2.45, 2.75) is 31.3 Å². The molecule has 0 heterocycles. The molecular formula is C10H14N2O3. The number of carboxylic acids is 1. The number of terminal acetylenes is 1. The average molecular weight is 210 g/mol. The van der Waals surface area contributed by atoms with Crippen LogP contribution in [0.5, 0.6) is 0 Å². The fourth-order valence-corrected chi connectivity index (χ4v) is 1.09. The van der Waals surface area contributed by atoms with Gasteiger partial charge in [0.2, 0.25) is 5.91 Å². The van der Waals surface area contributed by atoms with Crippen molar-refractivity contribution in [1.29, 1.82) is 0 Å². The number of carbonyl (C=O) groups excluding carboxylic acids is 1. The van der Waals surface area contributed by atoms with E-state index in [0.717, 1.165) is 12.8 Å². The van der Waals surface area contributed by atoms with Crippen LogP contribution in [-0.4, -0.2) is 35.6 Å². The van der Waals surface area contributed by atoms with E-state index in [0.29, 0.717) is 6.04 Å². The lowest BCUT2D eigenvalue weighted by molar-refractivity contribution is -0.141. The lowest BCUT2D eigenvalue weighted by Crippen LogP contribution is -2.44. The molecular weight excluding hydrogens is 196 g/mol. The van der Waals surface area contributed by atoms with Gasteiger partial charge in [-0.25, -0.2) is 4.79 Å². The van der Waals surface area contributed by atoms with Crippen molar-refractivity contribution in [3.05, 3.63) is 0 Å². The van der Waals surface area contributed by atoms with Gasteiger partial charge in [0, 0.05) is 12.5 Å². The van der Waals surface area contributed by atoms with Crippen molar-refractivity contribution < 1.29 is 14.7 Å². The molecule has 5 heteroatoms. The lowest BCUT2D eigenvalue weighted by atomic mass is 10.2. The Morgan fingerprint density at radius 2 is 2.20 bits per heavy atom. The fourth-order valence-electron chi connectivity index (χ4n) is 1.09. The van der Waals surface area contributed by atoms with Crippen LogP contribution in [0.4, 0.5) is 0 Å². The van der Waals surface area contributed by atoms with Gasteiger partial charge in [0.15, 0.2) is 0 Å². The lowest BCUT2D eigenvalue weighted by Gasteiger charge is -2.11. The molecule has 0 saturated heterocycles. The van der Waals surface area contributed by atoms with Crippen LogP contribution in [0.25, 0.3) is 0 Å². The molecule has 1 amide bonds. The number of aliphatic carboxylic acids is 1. The van der Waals surface area contributed by atoms with E-state index in [1.54, 1.807) is 0 Å². The second-order valence-corrected chi connectivity index (χ2v) is 3.52. The summed E-state index contributed by atoms with van der Waals surface area (Å²) in [5.74, 6) is 0.783. The van der Waals surface area contributed by atoms with Gasteiger partial charge in [-0.3, -0.25) is 4.79 Å². The minimum absolute atomic E-state index is 0.00447. The molecule has 1 unspecified atom stereocenters. The molecule has 1 aliphatic carbocycles. The molecule has 15 heavy (non-hydrogen) atoms. The van der Waals surface area contributed by atoms with Crippen molar-refractivity contribution in [2.75, 3.05) is 6.54 Å². The Bertz CT molecular complexity index is 292. The number of amides is 1. The summed E-state index contributed by atoms with van der Waals surface area (Å²) in [4.78, 5) is 21.9. The first-order chi connectivity index (χ1) is 7.13. The maximum Gasteiger partial charge on any atom is 0.327 e. The zero-order chi connectivity index (χ0) is 11.3. The van der Waals surface area contributed by atoms with Gasteiger partial charge in [0.1, 0.15) is 6.04 Å². The Morgan fingerprint density at radius 1 is 1.53 bits per heavy atom. The van der Waals surface area contributed by atoms with E-state index in [2.05, 4.69) is 16.6 Å². The third-order valence-electron chi connectivity index (χ3n) is 2.08. The second kappa shape index (κ2) is 5.37. The van der Waals surface area contributed by atoms with Crippen LogP contribution in [0.1, 0.15) is 19.3 Å². The predicted molar refractivity (Wildman–Crippen MR) is 54.0 cm³/mol. The number of carbonyl (C=O) groups is 2. The highest BCUT2D eigenvalue weighted by Crippen LogP contribution is 2.17. The summed E-state index contributed by atoms with van der Waals surface area (Å²) in [5.41, 5.74) is 0. The largest absolute Gasteiger partial charge is 0.480 e. The number of hydrogen-bond donors (Lipinski definition) is 3. The van der Waals surface area contributed by atoms with Crippen LogP contribution in [-0.2, 0) is 9.59 Å². The fraction of sp³-hybridized carbons (Fsp3) is 0.600. The van der Waals surface area contributed by atoms with Crippen molar-refractivity contribution in [3.63, 3.8) is 0 Å². The first-order valence-electron chi connectivity index (χ1n) is 4.82. The molecule has 1 aliphatic rings. The van der Waals surface area contributed by atoms with Crippen LogP contribution in [0.3, 0.4) is 0 Å². The maximum absolute atomic E-state index is 11.3. The number of rotatable bonds is 6. The molecule has 5 nitrogen and oxygen atoms in total. The summed E-state index contributed by atoms with van der Waals surface area (Å²) in [6, 6.07) is -0.560. The van der Waals surface area contributed by atoms with Gasteiger partial charge in [-0.2, -0.15) is 0 Å². The van der Waals surface area contributed by atoms with Crippen LogP contribution >= 0.6 is 0 Å². The standard InChI is InChI=1S/C10H14N2O3/c1-2-3-8(10(14)15)12-9(13)6-11-7-4-5-7/h1,7-8,11H,3-6H2,(H,12,13)(H,14,15). The van der Waals surface area contributed by atoms with E-state index in [1.807, 2.05) is 0 Å². The Morgan fingerprint density at radius 3 is 2.67 bits per heavy atom. The van der Waals surface area contributed by atoms with Gasteiger partial charge in [-0.1, -0.05) is 0 Å². The smallest absolute Gasteiger partial charge is 0.327 e. The minimum Gasteiger partial charge on any atom is -0.480 e. The molecule has 0 aromatic rings. The van der Waals surface area contributed by atoms with Gasteiger partial charge in [0.25, 0.3) is 0 Å². The Kier molecular flexibility index (Phi) is 4.13. The van der Waals surface area contributed by atoms with Crippen LogP contribution in [0, 0.1) is 12.3 Å². The van der Waals surface area contributed by atoms with E-state index in [1.165, 1.54) is 0 Å². The molecule has 1 atom stereocenters. The zero-order valence-electron chi connectivity index (χ0n) is 8.32. The molecule has 0 aromatic carbocycles. The SMILES string of the molecule is C#CCC(NC(=O)CNC1CC1)C(=O)O. The van der Waals surface area contributed by atoms with Gasteiger partial charge in [-0.15, -0.1) is 12.3 Å². The third-order valence-corrected chi connectivity index (χ3v) is 2.08. The van der Waals surface area contributed by atoms with Crippen molar-refractivity contribution in [1.82, 2.24) is 10.6 Å². The maximum atomic E-state index is 11.3. The zero-order valence-corrected chi connectivity index (χ0v) is 8.32. The highest BCUT2D eigenvalue weighted by atomic mass is 16.4. The van der Waals surface area contributed by atoms with Gasteiger partial charge in [0.05, 0.1) is 6.54 Å². The molecule has 1 rings (SSSR count). The average Bonchev–Trinajstić information content (AvgIpc) is 2.97. The quantitative estimate of drug-likeness (QED) is 0.508. The van der Waals surface area contributed by atoms with Crippen LogP contribution in [0.15, 0.2) is 0 Å². The monoisotopic (exact) mass is 210 g/mol. The molecule has 0 bridgehead atoms. The molecule has 1 fully saturated rings. The molecule has 82 valence electrons. The molecule has 0 aromatic heterocycles. The van der Waals surface area contributed by atoms with Crippen LogP contribution in [0.2, 0.25) is 0 Å². The first-order valence-corrected chi connectivity index (χ1v) is 4.82. The molecule has 0 aliphatic heterocycles. The van der Waals surface area contributed by atoms with Crippen molar-refractivity contribution >= 4 is 11.9 Å².